The maximum atomic E-state index is 12.0. The predicted octanol–water partition coefficient (Wildman–Crippen LogP) is 4.59. The van der Waals surface area contributed by atoms with Crippen LogP contribution in [0.25, 0.3) is 10.9 Å². The molecule has 0 aliphatic carbocycles. The summed E-state index contributed by atoms with van der Waals surface area (Å²) in [6, 6.07) is 14.0. The maximum absolute atomic E-state index is 12.0. The van der Waals surface area contributed by atoms with Crippen LogP contribution in [0.4, 0.5) is 11.4 Å². The fraction of sp³-hybridized carbons (Fsp3) is 0.200. The molecule has 0 aliphatic rings. The lowest BCUT2D eigenvalue weighted by Crippen LogP contribution is -2.07. The molecule has 1 heterocycles. The third-order valence-corrected chi connectivity index (χ3v) is 4.47. The number of para-hydroxylation sites is 1. The molecule has 29 heavy (non-hydrogen) atoms. The van der Waals surface area contributed by atoms with Crippen molar-refractivity contribution in [2.45, 2.75) is 19.4 Å². The van der Waals surface area contributed by atoms with Gasteiger partial charge >= 0.3 is 5.97 Å². The van der Waals surface area contributed by atoms with Crippen molar-refractivity contribution in [2.75, 3.05) is 11.9 Å². The van der Waals surface area contributed by atoms with Gasteiger partial charge in [-0.2, -0.15) is 0 Å². The molecule has 2 aromatic carbocycles. The first kappa shape index (κ1) is 20.3. The standard InChI is InChI=1S/C20H19ClN4O4/c21-13-7-9-14(10-8-13)22-11-3-6-17(26)23-24-19-15-4-1-2-5-16(15)25(20(19)29)12-18(27)28/h1-2,4-5,7-10,22,29H,3,6,11-12H2,(H,27,28). The van der Waals surface area contributed by atoms with Gasteiger partial charge in [-0.3, -0.25) is 14.2 Å². The molecule has 0 spiro atoms. The number of fused-ring (bicyclic) bond motifs is 1. The van der Waals surface area contributed by atoms with Gasteiger partial charge in [0.2, 0.25) is 5.88 Å². The molecular formula is C20H19ClN4O4. The van der Waals surface area contributed by atoms with Crippen LogP contribution in [0, 0.1) is 0 Å². The number of benzene rings is 2. The van der Waals surface area contributed by atoms with Crippen molar-refractivity contribution < 1.29 is 19.8 Å². The van der Waals surface area contributed by atoms with Crippen molar-refractivity contribution >= 4 is 45.8 Å². The summed E-state index contributed by atoms with van der Waals surface area (Å²) in [5, 5.41) is 31.3. The topological polar surface area (TPSA) is 116 Å². The summed E-state index contributed by atoms with van der Waals surface area (Å²) in [5.74, 6) is -1.87. The van der Waals surface area contributed by atoms with Gasteiger partial charge in [0.15, 0.2) is 5.69 Å². The second-order valence-electron chi connectivity index (χ2n) is 6.30. The molecule has 9 heteroatoms. The van der Waals surface area contributed by atoms with Crippen molar-refractivity contribution in [1.82, 2.24) is 4.57 Å². The number of azo groups is 1. The van der Waals surface area contributed by atoms with Crippen LogP contribution in [0.15, 0.2) is 58.8 Å². The summed E-state index contributed by atoms with van der Waals surface area (Å²) < 4.78 is 1.21. The smallest absolute Gasteiger partial charge is 0.323 e. The highest BCUT2D eigenvalue weighted by Crippen LogP contribution is 2.38. The molecule has 0 radical (unpaired) electrons. The van der Waals surface area contributed by atoms with E-state index in [9.17, 15) is 14.7 Å². The molecule has 0 aliphatic heterocycles. The fourth-order valence-corrected chi connectivity index (χ4v) is 2.99. The van der Waals surface area contributed by atoms with E-state index >= 15 is 0 Å². The average Bonchev–Trinajstić information content (AvgIpc) is 2.96. The number of carbonyl (C=O) groups is 2. The number of hydrogen-bond acceptors (Lipinski definition) is 5. The van der Waals surface area contributed by atoms with Crippen molar-refractivity contribution in [1.29, 1.82) is 0 Å². The molecule has 150 valence electrons. The van der Waals surface area contributed by atoms with Crippen molar-refractivity contribution in [2.24, 2.45) is 10.2 Å². The number of nitrogens with one attached hydrogen (secondary N) is 1. The molecule has 3 rings (SSSR count). The summed E-state index contributed by atoms with van der Waals surface area (Å²) in [4.78, 5) is 23.1. The van der Waals surface area contributed by atoms with E-state index in [1.54, 1.807) is 36.4 Å². The zero-order chi connectivity index (χ0) is 20.8. The number of aromatic nitrogens is 1. The van der Waals surface area contributed by atoms with Gasteiger partial charge in [0.05, 0.1) is 5.52 Å². The Morgan fingerprint density at radius 2 is 1.83 bits per heavy atom. The van der Waals surface area contributed by atoms with Crippen molar-refractivity contribution in [3.05, 3.63) is 53.6 Å². The number of aromatic hydroxyl groups is 1. The minimum absolute atomic E-state index is 0.0782. The molecule has 1 aromatic heterocycles. The van der Waals surface area contributed by atoms with Crippen LogP contribution >= 0.6 is 11.6 Å². The largest absolute Gasteiger partial charge is 0.493 e. The van der Waals surface area contributed by atoms with E-state index in [4.69, 9.17) is 16.7 Å². The lowest BCUT2D eigenvalue weighted by Gasteiger charge is -2.04. The van der Waals surface area contributed by atoms with E-state index in [2.05, 4.69) is 15.5 Å². The Kier molecular flexibility index (Phi) is 6.46. The van der Waals surface area contributed by atoms with Crippen LogP contribution in [-0.4, -0.2) is 33.2 Å². The van der Waals surface area contributed by atoms with Crippen LogP contribution in [0.3, 0.4) is 0 Å². The minimum Gasteiger partial charge on any atom is -0.493 e. The predicted molar refractivity (Wildman–Crippen MR) is 110 cm³/mol. The Labute approximate surface area is 171 Å². The number of hydrogen-bond donors (Lipinski definition) is 3. The summed E-state index contributed by atoms with van der Waals surface area (Å²) in [5.41, 5.74) is 1.48. The van der Waals surface area contributed by atoms with Crippen LogP contribution in [0.1, 0.15) is 12.8 Å². The van der Waals surface area contributed by atoms with Crippen LogP contribution in [0.5, 0.6) is 5.88 Å². The molecule has 0 bridgehead atoms. The number of nitrogens with zero attached hydrogens (tertiary/aromatic N) is 3. The van der Waals surface area contributed by atoms with Gasteiger partial charge in [-0.25, -0.2) is 0 Å². The third kappa shape index (κ3) is 5.11. The number of carboxylic acids is 1. The normalized spacial score (nSPS) is 11.2. The molecule has 0 unspecified atom stereocenters. The quantitative estimate of drug-likeness (QED) is 0.368. The SMILES string of the molecule is O=C(O)Cn1c(O)c(N=NC(=O)CCCNc2ccc(Cl)cc2)c2ccccc21. The molecule has 0 fully saturated rings. The lowest BCUT2D eigenvalue weighted by molar-refractivity contribution is -0.137. The van der Waals surface area contributed by atoms with Gasteiger partial charge in [0.1, 0.15) is 6.54 Å². The van der Waals surface area contributed by atoms with Gasteiger partial charge in [-0.05, 0) is 36.8 Å². The lowest BCUT2D eigenvalue weighted by atomic mass is 10.2. The van der Waals surface area contributed by atoms with Crippen molar-refractivity contribution in [3.63, 3.8) is 0 Å². The number of amides is 1. The van der Waals surface area contributed by atoms with E-state index in [1.165, 1.54) is 4.57 Å². The average molecular weight is 415 g/mol. The van der Waals surface area contributed by atoms with E-state index in [-0.39, 0.29) is 18.0 Å². The Morgan fingerprint density at radius 3 is 2.55 bits per heavy atom. The second-order valence-corrected chi connectivity index (χ2v) is 6.74. The Hall–Kier alpha value is -3.39. The highest BCUT2D eigenvalue weighted by molar-refractivity contribution is 6.30. The molecule has 0 saturated heterocycles. The molecule has 1 amide bonds. The van der Waals surface area contributed by atoms with E-state index < -0.39 is 18.4 Å². The summed E-state index contributed by atoms with van der Waals surface area (Å²) in [6.07, 6.45) is 0.728. The first-order valence-electron chi connectivity index (χ1n) is 8.91. The molecule has 3 N–H and O–H groups in total. The zero-order valence-corrected chi connectivity index (χ0v) is 16.1. The van der Waals surface area contributed by atoms with E-state index in [1.807, 2.05) is 12.1 Å². The second kappa shape index (κ2) is 9.20. The summed E-state index contributed by atoms with van der Waals surface area (Å²) >= 11 is 5.83. The number of rotatable bonds is 8. The molecule has 0 saturated carbocycles. The Balaban J connectivity index is 1.62. The van der Waals surface area contributed by atoms with E-state index in [0.717, 1.165) is 5.69 Å². The molecule has 3 aromatic rings. The number of carboxylic acid groups (broad SMARTS) is 1. The number of carbonyl (C=O) groups excluding carboxylic acids is 1. The molecular weight excluding hydrogens is 396 g/mol. The number of anilines is 1. The summed E-state index contributed by atoms with van der Waals surface area (Å²) in [7, 11) is 0. The number of halogens is 1. The number of aliphatic carboxylic acids is 1. The Bertz CT molecular complexity index is 1060. The fourth-order valence-electron chi connectivity index (χ4n) is 2.86. The molecule has 0 atom stereocenters. The first-order chi connectivity index (χ1) is 14.0. The van der Waals surface area contributed by atoms with Gasteiger partial charge < -0.3 is 15.5 Å². The summed E-state index contributed by atoms with van der Waals surface area (Å²) in [6.45, 7) is 0.151. The van der Waals surface area contributed by atoms with Gasteiger partial charge in [-0.15, -0.1) is 10.2 Å². The highest BCUT2D eigenvalue weighted by atomic mass is 35.5. The van der Waals surface area contributed by atoms with Crippen LogP contribution < -0.4 is 5.32 Å². The third-order valence-electron chi connectivity index (χ3n) is 4.21. The minimum atomic E-state index is -1.10. The van der Waals surface area contributed by atoms with Gasteiger partial charge in [0, 0.05) is 29.1 Å². The maximum Gasteiger partial charge on any atom is 0.323 e. The van der Waals surface area contributed by atoms with Crippen molar-refractivity contribution in [3.8, 4) is 5.88 Å². The van der Waals surface area contributed by atoms with Crippen LogP contribution in [0.2, 0.25) is 5.02 Å². The monoisotopic (exact) mass is 414 g/mol. The van der Waals surface area contributed by atoms with E-state index in [0.29, 0.717) is 28.9 Å². The molecule has 8 nitrogen and oxygen atoms in total. The van der Waals surface area contributed by atoms with Gasteiger partial charge in [-0.1, -0.05) is 29.8 Å². The highest BCUT2D eigenvalue weighted by Gasteiger charge is 2.18. The Morgan fingerprint density at radius 1 is 1.10 bits per heavy atom. The first-order valence-corrected chi connectivity index (χ1v) is 9.29. The van der Waals surface area contributed by atoms with Crippen LogP contribution in [-0.2, 0) is 16.1 Å². The van der Waals surface area contributed by atoms with Gasteiger partial charge in [0.25, 0.3) is 5.91 Å². The zero-order valence-electron chi connectivity index (χ0n) is 15.4.